The number of methoxy groups -OCH3 is 1. The smallest absolute Gasteiger partial charge is 0.147 e. The monoisotopic (exact) mass is 306 g/mol. The van der Waals surface area contributed by atoms with Gasteiger partial charge in [0.05, 0.1) is 24.0 Å². The van der Waals surface area contributed by atoms with E-state index >= 15 is 0 Å². The number of fused-ring (bicyclic) bond motifs is 1. The summed E-state index contributed by atoms with van der Waals surface area (Å²) in [6.07, 6.45) is 1.75. The van der Waals surface area contributed by atoms with Crippen LogP contribution >= 0.6 is 0 Å². The molecular weight excluding hydrogens is 288 g/mol. The van der Waals surface area contributed by atoms with Crippen LogP contribution in [0, 0.1) is 6.92 Å². The molecular formula is C18H18N4O. The molecule has 116 valence electrons. The Morgan fingerprint density at radius 3 is 2.78 bits per heavy atom. The largest absolute Gasteiger partial charge is 0.497 e. The van der Waals surface area contributed by atoms with Crippen LogP contribution in [0.3, 0.4) is 0 Å². The molecule has 5 heteroatoms. The maximum atomic E-state index is 5.26. The van der Waals surface area contributed by atoms with Crippen molar-refractivity contribution in [1.29, 1.82) is 0 Å². The zero-order valence-corrected chi connectivity index (χ0v) is 13.4. The van der Waals surface area contributed by atoms with Gasteiger partial charge in [-0.3, -0.25) is 10.4 Å². The van der Waals surface area contributed by atoms with Gasteiger partial charge in [0.25, 0.3) is 0 Å². The van der Waals surface area contributed by atoms with Crippen LogP contribution in [0.1, 0.15) is 18.2 Å². The van der Waals surface area contributed by atoms with Crippen LogP contribution in [0.5, 0.6) is 5.75 Å². The fraction of sp³-hybridized carbons (Fsp3) is 0.167. The van der Waals surface area contributed by atoms with Crippen molar-refractivity contribution in [3.63, 3.8) is 0 Å². The van der Waals surface area contributed by atoms with E-state index in [0.717, 1.165) is 33.6 Å². The first kappa shape index (κ1) is 15.0. The number of hydrazone groups is 1. The lowest BCUT2D eigenvalue weighted by Gasteiger charge is -2.08. The van der Waals surface area contributed by atoms with Gasteiger partial charge in [0.2, 0.25) is 0 Å². The van der Waals surface area contributed by atoms with Gasteiger partial charge in [0, 0.05) is 11.6 Å². The number of benzene rings is 1. The fourth-order valence-corrected chi connectivity index (χ4v) is 2.33. The molecule has 3 rings (SSSR count). The summed E-state index contributed by atoms with van der Waals surface area (Å²) in [6, 6.07) is 13.6. The van der Waals surface area contributed by atoms with Crippen LogP contribution in [-0.2, 0) is 0 Å². The molecule has 0 fully saturated rings. The lowest BCUT2D eigenvalue weighted by atomic mass is 10.1. The van der Waals surface area contributed by atoms with Gasteiger partial charge in [-0.05, 0) is 55.8 Å². The minimum Gasteiger partial charge on any atom is -0.497 e. The van der Waals surface area contributed by atoms with Crippen molar-refractivity contribution < 1.29 is 4.74 Å². The Morgan fingerprint density at radius 2 is 2.04 bits per heavy atom. The summed E-state index contributed by atoms with van der Waals surface area (Å²) in [5.41, 5.74) is 6.67. The Morgan fingerprint density at radius 1 is 1.17 bits per heavy atom. The van der Waals surface area contributed by atoms with Gasteiger partial charge in [0.1, 0.15) is 11.6 Å². The molecule has 0 aliphatic heterocycles. The summed E-state index contributed by atoms with van der Waals surface area (Å²) in [4.78, 5) is 8.86. The number of rotatable bonds is 4. The number of nitrogens with zero attached hydrogens (tertiary/aromatic N) is 3. The van der Waals surface area contributed by atoms with Gasteiger partial charge < -0.3 is 4.74 Å². The van der Waals surface area contributed by atoms with Crippen LogP contribution in [0.25, 0.3) is 10.9 Å². The second-order valence-electron chi connectivity index (χ2n) is 5.23. The molecule has 0 atom stereocenters. The van der Waals surface area contributed by atoms with Crippen molar-refractivity contribution in [3.05, 3.63) is 59.9 Å². The lowest BCUT2D eigenvalue weighted by Crippen LogP contribution is -2.03. The molecule has 5 nitrogen and oxygen atoms in total. The summed E-state index contributed by atoms with van der Waals surface area (Å²) in [7, 11) is 1.66. The second-order valence-corrected chi connectivity index (χ2v) is 5.23. The number of nitrogens with one attached hydrogen (secondary N) is 1. The Hall–Kier alpha value is -2.95. The molecule has 0 amide bonds. The van der Waals surface area contributed by atoms with E-state index in [2.05, 4.69) is 20.5 Å². The second kappa shape index (κ2) is 6.44. The molecule has 0 saturated carbocycles. The van der Waals surface area contributed by atoms with Gasteiger partial charge in [-0.15, -0.1) is 0 Å². The van der Waals surface area contributed by atoms with E-state index in [4.69, 9.17) is 4.74 Å². The molecule has 0 spiro atoms. The van der Waals surface area contributed by atoms with Crippen LogP contribution < -0.4 is 10.2 Å². The summed E-state index contributed by atoms with van der Waals surface area (Å²) in [6.45, 7) is 3.96. The van der Waals surface area contributed by atoms with E-state index < -0.39 is 0 Å². The van der Waals surface area contributed by atoms with E-state index in [-0.39, 0.29) is 0 Å². The Balaban J connectivity index is 1.89. The number of hydrogen-bond acceptors (Lipinski definition) is 5. The standard InChI is InChI=1S/C18H18N4O/c1-12-10-18(20-17-8-7-14(23-3)11-15(12)17)22-21-13(2)16-6-4-5-9-19-16/h4-11H,1-3H3,(H,20,22)/b21-13-. The van der Waals surface area contributed by atoms with E-state index in [9.17, 15) is 0 Å². The van der Waals surface area contributed by atoms with Gasteiger partial charge in [-0.2, -0.15) is 5.10 Å². The maximum Gasteiger partial charge on any atom is 0.147 e. The molecule has 2 heterocycles. The highest BCUT2D eigenvalue weighted by Gasteiger charge is 2.04. The first-order valence-electron chi connectivity index (χ1n) is 7.34. The predicted octanol–water partition coefficient (Wildman–Crippen LogP) is 3.78. The third-order valence-corrected chi connectivity index (χ3v) is 3.60. The topological polar surface area (TPSA) is 59.4 Å². The lowest BCUT2D eigenvalue weighted by molar-refractivity contribution is 0.415. The molecule has 0 bridgehead atoms. The fourth-order valence-electron chi connectivity index (χ4n) is 2.33. The van der Waals surface area contributed by atoms with Crippen LogP contribution in [0.2, 0.25) is 0 Å². The number of pyridine rings is 2. The van der Waals surface area contributed by atoms with E-state index in [1.165, 1.54) is 0 Å². The third-order valence-electron chi connectivity index (χ3n) is 3.60. The minimum absolute atomic E-state index is 0.704. The zero-order valence-electron chi connectivity index (χ0n) is 13.4. The highest BCUT2D eigenvalue weighted by molar-refractivity contribution is 5.97. The molecule has 0 aliphatic carbocycles. The number of aryl methyl sites for hydroxylation is 1. The van der Waals surface area contributed by atoms with Gasteiger partial charge in [-0.25, -0.2) is 4.98 Å². The van der Waals surface area contributed by atoms with Crippen molar-refractivity contribution in [1.82, 2.24) is 9.97 Å². The maximum absolute atomic E-state index is 5.26. The molecule has 1 N–H and O–H groups in total. The third kappa shape index (κ3) is 3.29. The summed E-state index contributed by atoms with van der Waals surface area (Å²) < 4.78 is 5.26. The zero-order chi connectivity index (χ0) is 16.2. The first-order valence-corrected chi connectivity index (χ1v) is 7.34. The van der Waals surface area contributed by atoms with Crippen LogP contribution in [0.15, 0.2) is 53.8 Å². The Labute approximate surface area is 135 Å². The first-order chi connectivity index (χ1) is 11.2. The summed E-state index contributed by atoms with van der Waals surface area (Å²) >= 11 is 0. The van der Waals surface area contributed by atoms with Gasteiger partial charge in [-0.1, -0.05) is 6.07 Å². The van der Waals surface area contributed by atoms with Crippen molar-refractivity contribution in [2.75, 3.05) is 12.5 Å². The highest BCUT2D eigenvalue weighted by Crippen LogP contribution is 2.24. The summed E-state index contributed by atoms with van der Waals surface area (Å²) in [5.74, 6) is 1.53. The van der Waals surface area contributed by atoms with Crippen molar-refractivity contribution >= 4 is 22.4 Å². The van der Waals surface area contributed by atoms with Gasteiger partial charge in [0.15, 0.2) is 0 Å². The molecule has 0 aliphatic rings. The molecule has 23 heavy (non-hydrogen) atoms. The quantitative estimate of drug-likeness (QED) is 0.588. The number of aromatic nitrogens is 2. The number of hydrogen-bond donors (Lipinski definition) is 1. The average molecular weight is 306 g/mol. The SMILES string of the molecule is COc1ccc2nc(N/N=C(/C)c3ccccn3)cc(C)c2c1. The number of ether oxygens (including phenoxy) is 1. The Kier molecular flexibility index (Phi) is 4.19. The molecule has 1 aromatic carbocycles. The van der Waals surface area contributed by atoms with Crippen molar-refractivity contribution in [3.8, 4) is 5.75 Å². The predicted molar refractivity (Wildman–Crippen MR) is 93.1 cm³/mol. The van der Waals surface area contributed by atoms with Crippen molar-refractivity contribution in [2.45, 2.75) is 13.8 Å². The molecule has 0 saturated heterocycles. The van der Waals surface area contributed by atoms with Crippen LogP contribution in [-0.4, -0.2) is 22.8 Å². The number of anilines is 1. The Bertz CT molecular complexity index is 860. The molecule has 0 radical (unpaired) electrons. The molecule has 0 unspecified atom stereocenters. The van der Waals surface area contributed by atoms with Crippen molar-refractivity contribution in [2.24, 2.45) is 5.10 Å². The van der Waals surface area contributed by atoms with E-state index in [1.54, 1.807) is 13.3 Å². The molecule has 2 aromatic heterocycles. The van der Waals surface area contributed by atoms with Gasteiger partial charge >= 0.3 is 0 Å². The van der Waals surface area contributed by atoms with Crippen LogP contribution in [0.4, 0.5) is 5.82 Å². The minimum atomic E-state index is 0.704. The normalized spacial score (nSPS) is 11.5. The molecule has 3 aromatic rings. The van der Waals surface area contributed by atoms with E-state index in [0.29, 0.717) is 5.82 Å². The van der Waals surface area contributed by atoms with E-state index in [1.807, 2.05) is 56.3 Å². The summed E-state index contributed by atoms with van der Waals surface area (Å²) in [5, 5.41) is 5.43. The highest BCUT2D eigenvalue weighted by atomic mass is 16.5. The average Bonchev–Trinajstić information content (AvgIpc) is 2.60.